The van der Waals surface area contributed by atoms with Crippen molar-refractivity contribution in [2.75, 3.05) is 20.1 Å². The number of aromatic nitrogens is 2. The monoisotopic (exact) mass is 425 g/mol. The molecule has 0 aliphatic carbocycles. The molecule has 2 amide bonds. The van der Waals surface area contributed by atoms with E-state index < -0.39 is 0 Å². The molecule has 3 aliphatic rings. The molecule has 8 nitrogen and oxygen atoms in total. The van der Waals surface area contributed by atoms with Gasteiger partial charge in [0.05, 0.1) is 6.54 Å². The molecule has 9 heteroatoms. The Labute approximate surface area is 178 Å². The van der Waals surface area contributed by atoms with Crippen LogP contribution in [0.15, 0.2) is 4.52 Å². The number of fused-ring (bicyclic) bond motifs is 4. The number of hydrogen-bond donors (Lipinski definition) is 1. The quantitative estimate of drug-likeness (QED) is 0.771. The number of amides is 2. The number of nitrogens with one attached hydrogen (secondary N) is 1. The Kier molecular flexibility index (Phi) is 6.83. The fraction of sp³-hybridized carbons (Fsp3) is 0.800. The van der Waals surface area contributed by atoms with Gasteiger partial charge in [-0.2, -0.15) is 4.98 Å². The molecule has 0 radical (unpaired) electrons. The fourth-order valence-corrected chi connectivity index (χ4v) is 5.14. The van der Waals surface area contributed by atoms with Gasteiger partial charge in [-0.1, -0.05) is 19.0 Å². The SMILES string of the molecule is CC(C)Cc1noc(CN(C)C(=O)[C@H]2[C@@H]3CNC[C@@H](C3)[C@@H]3CCCC(=O)N32)n1.Cl. The second kappa shape index (κ2) is 9.00. The van der Waals surface area contributed by atoms with Crippen LogP contribution in [0.25, 0.3) is 0 Å². The summed E-state index contributed by atoms with van der Waals surface area (Å²) in [5, 5.41) is 7.49. The number of likely N-dealkylation sites (N-methyl/N-ethyl adjacent to an activating group) is 1. The number of piperidine rings is 3. The van der Waals surface area contributed by atoms with Gasteiger partial charge in [0.15, 0.2) is 5.82 Å². The molecule has 4 heterocycles. The molecule has 0 spiro atoms. The highest BCUT2D eigenvalue weighted by Gasteiger charge is 2.51. The standard InChI is InChI=1S/C20H31N5O3.ClH/c1-12(2)7-16-22-17(28-23-16)11-24(3)20(27)19-14-8-13(9-21-10-14)15-5-4-6-18(26)25(15)19;/h12-15,19,21H,4-11H2,1-3H3;1H/t13-,14+,15+,19-;/m1./s1. The first-order valence-corrected chi connectivity index (χ1v) is 10.5. The molecule has 0 saturated carbocycles. The third-order valence-electron chi connectivity index (χ3n) is 6.35. The number of carbonyl (C=O) groups is 2. The summed E-state index contributed by atoms with van der Waals surface area (Å²) in [4.78, 5) is 34.1. The minimum Gasteiger partial charge on any atom is -0.337 e. The van der Waals surface area contributed by atoms with Crippen molar-refractivity contribution < 1.29 is 14.1 Å². The lowest BCUT2D eigenvalue weighted by Crippen LogP contribution is -2.68. The van der Waals surface area contributed by atoms with Gasteiger partial charge in [-0.05, 0) is 37.6 Å². The smallest absolute Gasteiger partial charge is 0.246 e. The Morgan fingerprint density at radius 3 is 2.86 bits per heavy atom. The number of hydrogen-bond acceptors (Lipinski definition) is 6. The van der Waals surface area contributed by atoms with Crippen molar-refractivity contribution in [2.45, 2.75) is 64.6 Å². The molecule has 1 aromatic rings. The van der Waals surface area contributed by atoms with E-state index in [1.807, 2.05) is 4.90 Å². The third kappa shape index (κ3) is 4.43. The molecule has 4 rings (SSSR count). The Bertz CT molecular complexity index is 739. The Morgan fingerprint density at radius 1 is 1.34 bits per heavy atom. The van der Waals surface area contributed by atoms with Crippen LogP contribution >= 0.6 is 12.4 Å². The number of halogens is 1. The van der Waals surface area contributed by atoms with Crippen LogP contribution in [0, 0.1) is 17.8 Å². The molecule has 4 atom stereocenters. The van der Waals surface area contributed by atoms with E-state index >= 15 is 0 Å². The van der Waals surface area contributed by atoms with Crippen molar-refractivity contribution in [1.82, 2.24) is 25.3 Å². The van der Waals surface area contributed by atoms with E-state index in [-0.39, 0.29) is 48.8 Å². The van der Waals surface area contributed by atoms with E-state index in [1.165, 1.54) is 0 Å². The molecule has 0 aromatic carbocycles. The highest BCUT2D eigenvalue weighted by molar-refractivity contribution is 5.89. The lowest BCUT2D eigenvalue weighted by molar-refractivity contribution is -0.161. The van der Waals surface area contributed by atoms with Crippen molar-refractivity contribution in [1.29, 1.82) is 0 Å². The fourth-order valence-electron chi connectivity index (χ4n) is 5.14. The molecule has 1 aromatic heterocycles. The molecule has 0 unspecified atom stereocenters. The highest BCUT2D eigenvalue weighted by Crippen LogP contribution is 2.40. The predicted octanol–water partition coefficient (Wildman–Crippen LogP) is 1.64. The summed E-state index contributed by atoms with van der Waals surface area (Å²) in [5.74, 6) is 2.32. The molecule has 2 bridgehead atoms. The van der Waals surface area contributed by atoms with Crippen molar-refractivity contribution >= 4 is 24.2 Å². The molecular formula is C20H32ClN5O3. The van der Waals surface area contributed by atoms with Crippen molar-refractivity contribution in [3.05, 3.63) is 11.7 Å². The van der Waals surface area contributed by atoms with Gasteiger partial charge in [-0.15, -0.1) is 12.4 Å². The van der Waals surface area contributed by atoms with Crippen LogP contribution in [0.2, 0.25) is 0 Å². The van der Waals surface area contributed by atoms with E-state index in [0.29, 0.717) is 30.0 Å². The first kappa shape index (κ1) is 22.0. The van der Waals surface area contributed by atoms with Gasteiger partial charge < -0.3 is 19.6 Å². The normalized spacial score (nSPS) is 28.7. The average Bonchev–Trinajstić information content (AvgIpc) is 3.08. The summed E-state index contributed by atoms with van der Waals surface area (Å²) < 4.78 is 5.33. The maximum Gasteiger partial charge on any atom is 0.246 e. The van der Waals surface area contributed by atoms with Gasteiger partial charge in [-0.3, -0.25) is 9.59 Å². The van der Waals surface area contributed by atoms with Gasteiger partial charge in [0.1, 0.15) is 6.04 Å². The van der Waals surface area contributed by atoms with Gasteiger partial charge >= 0.3 is 0 Å². The van der Waals surface area contributed by atoms with Crippen LogP contribution in [0.3, 0.4) is 0 Å². The van der Waals surface area contributed by atoms with Crippen LogP contribution in [0.1, 0.15) is 51.2 Å². The molecule has 3 aliphatic heterocycles. The second-order valence-corrected chi connectivity index (χ2v) is 9.02. The zero-order chi connectivity index (χ0) is 19.8. The summed E-state index contributed by atoms with van der Waals surface area (Å²) in [6.45, 7) is 6.22. The maximum atomic E-state index is 13.4. The molecular weight excluding hydrogens is 394 g/mol. The molecule has 29 heavy (non-hydrogen) atoms. The second-order valence-electron chi connectivity index (χ2n) is 9.02. The van der Waals surface area contributed by atoms with Crippen LogP contribution in [0.5, 0.6) is 0 Å². The van der Waals surface area contributed by atoms with Gasteiger partial charge in [0.25, 0.3) is 0 Å². The zero-order valence-corrected chi connectivity index (χ0v) is 18.3. The van der Waals surface area contributed by atoms with Crippen LogP contribution < -0.4 is 5.32 Å². The lowest BCUT2D eigenvalue weighted by atomic mass is 9.72. The summed E-state index contributed by atoms with van der Waals surface area (Å²) in [6.07, 6.45) is 4.26. The predicted molar refractivity (Wildman–Crippen MR) is 109 cm³/mol. The summed E-state index contributed by atoms with van der Waals surface area (Å²) in [7, 11) is 1.76. The first-order valence-electron chi connectivity index (χ1n) is 10.5. The van der Waals surface area contributed by atoms with E-state index in [4.69, 9.17) is 4.52 Å². The van der Waals surface area contributed by atoms with Gasteiger partial charge in [0.2, 0.25) is 17.7 Å². The molecule has 162 valence electrons. The highest BCUT2D eigenvalue weighted by atomic mass is 35.5. The lowest BCUT2D eigenvalue weighted by Gasteiger charge is -2.54. The van der Waals surface area contributed by atoms with E-state index in [9.17, 15) is 9.59 Å². The van der Waals surface area contributed by atoms with Crippen molar-refractivity contribution in [3.8, 4) is 0 Å². The van der Waals surface area contributed by atoms with E-state index in [2.05, 4.69) is 29.3 Å². The number of rotatable bonds is 5. The van der Waals surface area contributed by atoms with Crippen LogP contribution in [-0.2, 0) is 22.6 Å². The van der Waals surface area contributed by atoms with Gasteiger partial charge in [0, 0.05) is 38.4 Å². The van der Waals surface area contributed by atoms with E-state index in [0.717, 1.165) is 38.8 Å². The Hall–Kier alpha value is -1.67. The number of nitrogens with zero attached hydrogens (tertiary/aromatic N) is 4. The summed E-state index contributed by atoms with van der Waals surface area (Å²) >= 11 is 0. The minimum atomic E-state index is -0.384. The maximum absolute atomic E-state index is 13.4. The summed E-state index contributed by atoms with van der Waals surface area (Å²) in [6, 6.07) is -0.196. The van der Waals surface area contributed by atoms with E-state index in [1.54, 1.807) is 11.9 Å². The molecule has 3 fully saturated rings. The average molecular weight is 426 g/mol. The Balaban J connectivity index is 0.00000240. The zero-order valence-electron chi connectivity index (χ0n) is 17.5. The number of carbonyl (C=O) groups excluding carboxylic acids is 2. The van der Waals surface area contributed by atoms with Crippen molar-refractivity contribution in [3.63, 3.8) is 0 Å². The first-order chi connectivity index (χ1) is 13.4. The Morgan fingerprint density at radius 2 is 2.10 bits per heavy atom. The van der Waals surface area contributed by atoms with Gasteiger partial charge in [-0.25, -0.2) is 0 Å². The van der Waals surface area contributed by atoms with Crippen molar-refractivity contribution in [2.24, 2.45) is 17.8 Å². The van der Waals surface area contributed by atoms with Crippen LogP contribution in [0.4, 0.5) is 0 Å². The minimum absolute atomic E-state index is 0. The van der Waals surface area contributed by atoms with Crippen LogP contribution in [-0.4, -0.2) is 64.0 Å². The molecule has 3 saturated heterocycles. The summed E-state index contributed by atoms with van der Waals surface area (Å²) in [5.41, 5.74) is 0. The topological polar surface area (TPSA) is 91.6 Å². The third-order valence-corrected chi connectivity index (χ3v) is 6.35. The molecule has 1 N–H and O–H groups in total. The largest absolute Gasteiger partial charge is 0.337 e.